The van der Waals surface area contributed by atoms with E-state index in [-0.39, 0.29) is 0 Å². The molecule has 0 aliphatic carbocycles. The number of nitrogens with zero attached hydrogens (tertiary/aromatic N) is 2. The molecule has 6 heteroatoms. The summed E-state index contributed by atoms with van der Waals surface area (Å²) >= 11 is 5.87. The smallest absolute Gasteiger partial charge is 0.151 e. The SMILES string of the molecule is O=S1CCN(Cc2cc(-c3ccc(Cl)cc3)no2)CC1. The van der Waals surface area contributed by atoms with Gasteiger partial charge in [-0.25, -0.2) is 0 Å². The summed E-state index contributed by atoms with van der Waals surface area (Å²) in [7, 11) is -0.646. The van der Waals surface area contributed by atoms with E-state index in [0.717, 1.165) is 48.2 Å². The van der Waals surface area contributed by atoms with Crippen LogP contribution in [-0.4, -0.2) is 38.9 Å². The highest BCUT2D eigenvalue weighted by Crippen LogP contribution is 2.22. The van der Waals surface area contributed by atoms with Gasteiger partial charge in [-0.3, -0.25) is 9.11 Å². The second-order valence-corrected chi connectivity index (χ2v) is 6.94. The summed E-state index contributed by atoms with van der Waals surface area (Å²) in [5, 5.41) is 4.80. The molecule has 2 aromatic rings. The fraction of sp³-hybridized carbons (Fsp3) is 0.357. The lowest BCUT2D eigenvalue weighted by atomic mass is 10.1. The fourth-order valence-electron chi connectivity index (χ4n) is 2.20. The van der Waals surface area contributed by atoms with E-state index < -0.39 is 10.8 Å². The monoisotopic (exact) mass is 310 g/mol. The minimum absolute atomic E-state index is 0.646. The molecule has 106 valence electrons. The molecule has 1 aliphatic heterocycles. The summed E-state index contributed by atoms with van der Waals surface area (Å²) in [6, 6.07) is 9.48. The van der Waals surface area contributed by atoms with Gasteiger partial charge >= 0.3 is 0 Å². The summed E-state index contributed by atoms with van der Waals surface area (Å²) in [5.74, 6) is 2.33. The summed E-state index contributed by atoms with van der Waals surface area (Å²) in [6.07, 6.45) is 0. The van der Waals surface area contributed by atoms with Gasteiger partial charge in [0.05, 0.1) is 6.54 Å². The first-order valence-electron chi connectivity index (χ1n) is 6.49. The van der Waals surface area contributed by atoms with E-state index >= 15 is 0 Å². The number of hydrogen-bond acceptors (Lipinski definition) is 4. The minimum Gasteiger partial charge on any atom is -0.359 e. The van der Waals surface area contributed by atoms with Gasteiger partial charge in [-0.15, -0.1) is 0 Å². The lowest BCUT2D eigenvalue weighted by Gasteiger charge is -2.24. The third-order valence-corrected chi connectivity index (χ3v) is 4.88. The molecule has 0 N–H and O–H groups in total. The van der Waals surface area contributed by atoms with Crippen molar-refractivity contribution < 1.29 is 8.73 Å². The van der Waals surface area contributed by atoms with Crippen LogP contribution in [0.4, 0.5) is 0 Å². The first-order valence-corrected chi connectivity index (χ1v) is 8.36. The Hall–Kier alpha value is -1.17. The summed E-state index contributed by atoms with van der Waals surface area (Å²) in [6.45, 7) is 2.42. The van der Waals surface area contributed by atoms with Crippen LogP contribution >= 0.6 is 11.6 Å². The van der Waals surface area contributed by atoms with Crippen LogP contribution in [0.2, 0.25) is 5.02 Å². The third kappa shape index (κ3) is 3.29. The van der Waals surface area contributed by atoms with Crippen LogP contribution in [0.25, 0.3) is 11.3 Å². The lowest BCUT2D eigenvalue weighted by molar-refractivity contribution is 0.249. The fourth-order valence-corrected chi connectivity index (χ4v) is 3.45. The zero-order valence-corrected chi connectivity index (χ0v) is 12.5. The van der Waals surface area contributed by atoms with Crippen LogP contribution in [0.15, 0.2) is 34.9 Å². The molecule has 1 aliphatic rings. The molecular weight excluding hydrogens is 296 g/mol. The van der Waals surface area contributed by atoms with Crippen molar-refractivity contribution in [1.82, 2.24) is 10.1 Å². The molecule has 4 nitrogen and oxygen atoms in total. The Kier molecular flexibility index (Phi) is 4.19. The van der Waals surface area contributed by atoms with E-state index in [1.54, 1.807) is 0 Å². The van der Waals surface area contributed by atoms with E-state index in [1.165, 1.54) is 0 Å². The molecule has 0 saturated carbocycles. The number of rotatable bonds is 3. The second kappa shape index (κ2) is 6.08. The van der Waals surface area contributed by atoms with Crippen LogP contribution in [0.5, 0.6) is 0 Å². The molecular formula is C14H15ClN2O2S. The Morgan fingerprint density at radius 3 is 2.65 bits per heavy atom. The maximum Gasteiger partial charge on any atom is 0.151 e. The predicted octanol–water partition coefficient (Wildman–Crippen LogP) is 2.56. The van der Waals surface area contributed by atoms with Crippen molar-refractivity contribution in [3.05, 3.63) is 41.1 Å². The predicted molar refractivity (Wildman–Crippen MR) is 80.1 cm³/mol. The number of hydrogen-bond donors (Lipinski definition) is 0. The van der Waals surface area contributed by atoms with Gasteiger partial charge in [0.1, 0.15) is 5.69 Å². The molecule has 0 spiro atoms. The van der Waals surface area contributed by atoms with Crippen molar-refractivity contribution in [2.24, 2.45) is 0 Å². The van der Waals surface area contributed by atoms with E-state index in [4.69, 9.17) is 16.1 Å². The molecule has 2 heterocycles. The molecule has 1 saturated heterocycles. The van der Waals surface area contributed by atoms with Gasteiger partial charge in [0.2, 0.25) is 0 Å². The zero-order chi connectivity index (χ0) is 13.9. The van der Waals surface area contributed by atoms with Gasteiger partial charge in [0.15, 0.2) is 5.76 Å². The average Bonchev–Trinajstić information content (AvgIpc) is 2.91. The van der Waals surface area contributed by atoms with Crippen molar-refractivity contribution in [3.8, 4) is 11.3 Å². The van der Waals surface area contributed by atoms with Crippen molar-refractivity contribution in [1.29, 1.82) is 0 Å². The van der Waals surface area contributed by atoms with Gasteiger partial charge in [0, 0.05) is 52.0 Å². The van der Waals surface area contributed by atoms with Crippen molar-refractivity contribution in [2.75, 3.05) is 24.6 Å². The number of aromatic nitrogens is 1. The average molecular weight is 311 g/mol. The van der Waals surface area contributed by atoms with E-state index in [9.17, 15) is 4.21 Å². The van der Waals surface area contributed by atoms with Gasteiger partial charge in [0.25, 0.3) is 0 Å². The topological polar surface area (TPSA) is 46.3 Å². The molecule has 1 aromatic carbocycles. The highest BCUT2D eigenvalue weighted by Gasteiger charge is 2.17. The van der Waals surface area contributed by atoms with Crippen molar-refractivity contribution >= 4 is 22.4 Å². The Balaban J connectivity index is 1.67. The third-order valence-electron chi connectivity index (χ3n) is 3.35. The molecule has 0 bridgehead atoms. The second-order valence-electron chi connectivity index (χ2n) is 4.81. The number of benzene rings is 1. The molecule has 0 unspecified atom stereocenters. The molecule has 0 amide bonds. The highest BCUT2D eigenvalue weighted by molar-refractivity contribution is 7.85. The van der Waals surface area contributed by atoms with Crippen molar-refractivity contribution in [3.63, 3.8) is 0 Å². The van der Waals surface area contributed by atoms with Gasteiger partial charge in [-0.2, -0.15) is 0 Å². The minimum atomic E-state index is -0.646. The van der Waals surface area contributed by atoms with Crippen LogP contribution in [-0.2, 0) is 17.3 Å². The Morgan fingerprint density at radius 2 is 1.95 bits per heavy atom. The molecule has 3 rings (SSSR count). The van der Waals surface area contributed by atoms with Gasteiger partial charge < -0.3 is 4.52 Å². The summed E-state index contributed by atoms with van der Waals surface area (Å²) < 4.78 is 16.7. The normalized spacial score (nSPS) is 17.4. The summed E-state index contributed by atoms with van der Waals surface area (Å²) in [4.78, 5) is 2.24. The zero-order valence-electron chi connectivity index (χ0n) is 10.9. The van der Waals surface area contributed by atoms with Crippen LogP contribution in [0.1, 0.15) is 5.76 Å². The van der Waals surface area contributed by atoms with Gasteiger partial charge in [-0.05, 0) is 12.1 Å². The lowest BCUT2D eigenvalue weighted by Crippen LogP contribution is -2.37. The van der Waals surface area contributed by atoms with E-state index in [0.29, 0.717) is 5.02 Å². The summed E-state index contributed by atoms with van der Waals surface area (Å²) in [5.41, 5.74) is 1.81. The van der Waals surface area contributed by atoms with Crippen LogP contribution < -0.4 is 0 Å². The quantitative estimate of drug-likeness (QED) is 0.874. The standard InChI is InChI=1S/C14H15ClN2O2S/c15-12-3-1-11(2-4-12)14-9-13(19-16-14)10-17-5-7-20(18)8-6-17/h1-4,9H,5-8,10H2. The van der Waals surface area contributed by atoms with Crippen LogP contribution in [0.3, 0.4) is 0 Å². The molecule has 0 atom stereocenters. The largest absolute Gasteiger partial charge is 0.359 e. The Labute approximate surface area is 125 Å². The Morgan fingerprint density at radius 1 is 1.25 bits per heavy atom. The Bertz CT molecular complexity index is 602. The van der Waals surface area contributed by atoms with Crippen molar-refractivity contribution in [2.45, 2.75) is 6.54 Å². The van der Waals surface area contributed by atoms with Gasteiger partial charge in [-0.1, -0.05) is 28.9 Å². The number of halogens is 1. The molecule has 1 fully saturated rings. The van der Waals surface area contributed by atoms with E-state index in [2.05, 4.69) is 10.1 Å². The molecule has 20 heavy (non-hydrogen) atoms. The molecule has 0 radical (unpaired) electrons. The highest BCUT2D eigenvalue weighted by atomic mass is 35.5. The van der Waals surface area contributed by atoms with Crippen LogP contribution in [0, 0.1) is 0 Å². The van der Waals surface area contributed by atoms with E-state index in [1.807, 2.05) is 30.3 Å². The molecule has 1 aromatic heterocycles. The first kappa shape index (κ1) is 13.8. The first-order chi connectivity index (χ1) is 9.70. The maximum absolute atomic E-state index is 11.3. The maximum atomic E-state index is 11.3.